The van der Waals surface area contributed by atoms with Gasteiger partial charge in [-0.3, -0.25) is 19.8 Å². The molecule has 1 saturated heterocycles. The highest BCUT2D eigenvalue weighted by Gasteiger charge is 2.21. The van der Waals surface area contributed by atoms with Crippen molar-refractivity contribution in [1.82, 2.24) is 4.90 Å². The lowest BCUT2D eigenvalue weighted by Crippen LogP contribution is -2.48. The van der Waals surface area contributed by atoms with Crippen molar-refractivity contribution in [3.8, 4) is 0 Å². The molecule has 2 rings (SSSR count). The van der Waals surface area contributed by atoms with Crippen LogP contribution in [0.5, 0.6) is 0 Å². The van der Waals surface area contributed by atoms with Crippen LogP contribution in [0.25, 0.3) is 0 Å². The molecule has 1 heterocycles. The minimum Gasteiger partial charge on any atom is -0.374 e. The number of benzene rings is 1. The highest BCUT2D eigenvalue weighted by Crippen LogP contribution is 2.15. The van der Waals surface area contributed by atoms with Gasteiger partial charge in [0.2, 0.25) is 5.91 Å². The maximum atomic E-state index is 11.9. The Morgan fingerprint density at radius 2 is 2.19 bits per heavy atom. The fourth-order valence-corrected chi connectivity index (χ4v) is 2.14. The molecule has 1 fully saturated rings. The number of amides is 1. The molecule has 0 bridgehead atoms. The lowest BCUT2D eigenvalue weighted by molar-refractivity contribution is -0.384. The van der Waals surface area contributed by atoms with Crippen molar-refractivity contribution in [3.05, 3.63) is 34.4 Å². The second-order valence-electron chi connectivity index (χ2n) is 4.82. The fraction of sp³-hybridized carbons (Fsp3) is 0.462. The number of ether oxygens (including phenoxy) is 1. The first-order valence-electron chi connectivity index (χ1n) is 6.67. The SMILES string of the molecule is NCC1CN(CC(=O)Nc2ccc([N+](=O)[O-])cc2)CCO1. The number of nitrogens with one attached hydrogen (secondary N) is 1. The average molecular weight is 294 g/mol. The number of nitro groups is 1. The minimum atomic E-state index is -0.480. The molecule has 0 radical (unpaired) electrons. The third-order valence-corrected chi connectivity index (χ3v) is 3.21. The van der Waals surface area contributed by atoms with E-state index >= 15 is 0 Å². The first-order valence-corrected chi connectivity index (χ1v) is 6.67. The molecule has 8 heteroatoms. The number of anilines is 1. The van der Waals surface area contributed by atoms with E-state index in [1.54, 1.807) is 0 Å². The summed E-state index contributed by atoms with van der Waals surface area (Å²) in [4.78, 5) is 24.0. The van der Waals surface area contributed by atoms with Crippen molar-refractivity contribution in [3.63, 3.8) is 0 Å². The summed E-state index contributed by atoms with van der Waals surface area (Å²) in [5.41, 5.74) is 6.08. The molecule has 8 nitrogen and oxygen atoms in total. The number of carbonyl (C=O) groups excluding carboxylic acids is 1. The molecule has 1 aliphatic rings. The zero-order valence-corrected chi connectivity index (χ0v) is 11.5. The number of hydrogen-bond donors (Lipinski definition) is 2. The molecule has 0 spiro atoms. The first-order chi connectivity index (χ1) is 10.1. The number of nitrogens with two attached hydrogens (primary N) is 1. The molecular weight excluding hydrogens is 276 g/mol. The summed E-state index contributed by atoms with van der Waals surface area (Å²) >= 11 is 0. The molecule has 1 aromatic carbocycles. The zero-order valence-electron chi connectivity index (χ0n) is 11.5. The van der Waals surface area contributed by atoms with Crippen LogP contribution in [-0.2, 0) is 9.53 Å². The van der Waals surface area contributed by atoms with Gasteiger partial charge in [0.1, 0.15) is 0 Å². The second kappa shape index (κ2) is 7.11. The average Bonchev–Trinajstić information content (AvgIpc) is 2.47. The number of nitrogens with zero attached hydrogens (tertiary/aromatic N) is 2. The molecule has 3 N–H and O–H groups in total. The monoisotopic (exact) mass is 294 g/mol. The van der Waals surface area contributed by atoms with E-state index in [0.717, 1.165) is 0 Å². The molecule has 21 heavy (non-hydrogen) atoms. The Bertz CT molecular complexity index is 505. The maximum Gasteiger partial charge on any atom is 0.269 e. The molecule has 1 unspecified atom stereocenters. The molecule has 1 amide bonds. The summed E-state index contributed by atoms with van der Waals surface area (Å²) in [7, 11) is 0. The number of rotatable bonds is 5. The van der Waals surface area contributed by atoms with Gasteiger partial charge in [-0.25, -0.2) is 0 Å². The number of carbonyl (C=O) groups is 1. The van der Waals surface area contributed by atoms with Gasteiger partial charge >= 0.3 is 0 Å². The summed E-state index contributed by atoms with van der Waals surface area (Å²) in [5.74, 6) is -0.165. The van der Waals surface area contributed by atoms with Crippen molar-refractivity contribution in [2.45, 2.75) is 6.10 Å². The van der Waals surface area contributed by atoms with Crippen LogP contribution in [0.2, 0.25) is 0 Å². The summed E-state index contributed by atoms with van der Waals surface area (Å²) in [6, 6.07) is 5.74. The van der Waals surface area contributed by atoms with Gasteiger partial charge in [-0.1, -0.05) is 0 Å². The molecule has 114 valence electrons. The Hall–Kier alpha value is -2.03. The topological polar surface area (TPSA) is 111 Å². The maximum absolute atomic E-state index is 11.9. The van der Waals surface area contributed by atoms with Gasteiger partial charge in [-0.2, -0.15) is 0 Å². The van der Waals surface area contributed by atoms with Gasteiger partial charge in [0.15, 0.2) is 0 Å². The molecule has 1 atom stereocenters. The van der Waals surface area contributed by atoms with Gasteiger partial charge in [0, 0.05) is 37.5 Å². The standard InChI is InChI=1S/C13H18N4O4/c14-7-12-8-16(5-6-21-12)9-13(18)15-10-1-3-11(4-2-10)17(19)20/h1-4,12H,5-9,14H2,(H,15,18). The van der Waals surface area contributed by atoms with Crippen LogP contribution in [-0.4, -0.2) is 54.6 Å². The Morgan fingerprint density at radius 3 is 2.81 bits per heavy atom. The highest BCUT2D eigenvalue weighted by molar-refractivity contribution is 5.92. The van der Waals surface area contributed by atoms with Gasteiger partial charge in [-0.05, 0) is 12.1 Å². The Balaban J connectivity index is 1.85. The van der Waals surface area contributed by atoms with Crippen LogP contribution in [0.4, 0.5) is 11.4 Å². The lowest BCUT2D eigenvalue weighted by atomic mass is 10.2. The van der Waals surface area contributed by atoms with Crippen molar-refractivity contribution in [1.29, 1.82) is 0 Å². The number of non-ortho nitro benzene ring substituents is 1. The number of morpholine rings is 1. The smallest absolute Gasteiger partial charge is 0.269 e. The number of nitro benzene ring substituents is 1. The predicted molar refractivity (Wildman–Crippen MR) is 77.0 cm³/mol. The van der Waals surface area contributed by atoms with Crippen molar-refractivity contribution in [2.75, 3.05) is 38.1 Å². The van der Waals surface area contributed by atoms with Crippen LogP contribution in [0.15, 0.2) is 24.3 Å². The van der Waals surface area contributed by atoms with Gasteiger partial charge in [0.05, 0.1) is 24.2 Å². The van der Waals surface area contributed by atoms with Crippen LogP contribution in [0.3, 0.4) is 0 Å². The highest BCUT2D eigenvalue weighted by atomic mass is 16.6. The third-order valence-electron chi connectivity index (χ3n) is 3.21. The second-order valence-corrected chi connectivity index (χ2v) is 4.82. The van der Waals surface area contributed by atoms with E-state index in [4.69, 9.17) is 10.5 Å². The Kier molecular flexibility index (Phi) is 5.20. The van der Waals surface area contributed by atoms with Crippen molar-refractivity contribution >= 4 is 17.3 Å². The summed E-state index contributed by atoms with van der Waals surface area (Å²) in [6.45, 7) is 2.55. The van der Waals surface area contributed by atoms with E-state index in [-0.39, 0.29) is 24.2 Å². The van der Waals surface area contributed by atoms with E-state index in [1.807, 2.05) is 4.90 Å². The fourth-order valence-electron chi connectivity index (χ4n) is 2.14. The largest absolute Gasteiger partial charge is 0.374 e. The molecule has 0 aliphatic carbocycles. The minimum absolute atomic E-state index is 0.00744. The summed E-state index contributed by atoms with van der Waals surface area (Å²) in [5, 5.41) is 13.3. The predicted octanol–water partition coefficient (Wildman–Crippen LogP) is 0.193. The van der Waals surface area contributed by atoms with Crippen LogP contribution in [0, 0.1) is 10.1 Å². The van der Waals surface area contributed by atoms with Gasteiger partial charge < -0.3 is 15.8 Å². The Labute approximate surface area is 122 Å². The van der Waals surface area contributed by atoms with E-state index in [0.29, 0.717) is 31.9 Å². The molecule has 1 aromatic rings. The molecule has 0 aromatic heterocycles. The van der Waals surface area contributed by atoms with Crippen molar-refractivity contribution in [2.24, 2.45) is 5.73 Å². The quantitative estimate of drug-likeness (QED) is 0.592. The molecular formula is C13H18N4O4. The van der Waals surface area contributed by atoms with Crippen LogP contribution < -0.4 is 11.1 Å². The molecule has 0 saturated carbocycles. The number of hydrogen-bond acceptors (Lipinski definition) is 6. The summed E-state index contributed by atoms with van der Waals surface area (Å²) < 4.78 is 5.43. The van der Waals surface area contributed by atoms with E-state index in [9.17, 15) is 14.9 Å². The Morgan fingerprint density at radius 1 is 1.48 bits per heavy atom. The lowest BCUT2D eigenvalue weighted by Gasteiger charge is -2.31. The van der Waals surface area contributed by atoms with E-state index in [1.165, 1.54) is 24.3 Å². The summed E-state index contributed by atoms with van der Waals surface area (Å²) in [6.07, 6.45) is -0.0362. The zero-order chi connectivity index (χ0) is 15.2. The van der Waals surface area contributed by atoms with E-state index < -0.39 is 4.92 Å². The normalized spacial score (nSPS) is 19.2. The third kappa shape index (κ3) is 4.48. The van der Waals surface area contributed by atoms with Crippen molar-refractivity contribution < 1.29 is 14.5 Å². The van der Waals surface area contributed by atoms with Crippen LogP contribution >= 0.6 is 0 Å². The van der Waals surface area contributed by atoms with Gasteiger partial charge in [0.25, 0.3) is 5.69 Å². The molecule has 1 aliphatic heterocycles. The van der Waals surface area contributed by atoms with Gasteiger partial charge in [-0.15, -0.1) is 0 Å². The first kappa shape index (κ1) is 15.4. The van der Waals surface area contributed by atoms with Crippen LogP contribution in [0.1, 0.15) is 0 Å². The van der Waals surface area contributed by atoms with E-state index in [2.05, 4.69) is 5.32 Å².